The lowest BCUT2D eigenvalue weighted by Crippen LogP contribution is -2.15. The summed E-state index contributed by atoms with van der Waals surface area (Å²) >= 11 is 1.27. The van der Waals surface area contributed by atoms with Gasteiger partial charge in [0.1, 0.15) is 11.4 Å². The molecule has 6 nitrogen and oxygen atoms in total. The summed E-state index contributed by atoms with van der Waals surface area (Å²) in [4.78, 5) is 20.6. The maximum atomic E-state index is 13.7. The van der Waals surface area contributed by atoms with Gasteiger partial charge in [-0.05, 0) is 50.2 Å². The van der Waals surface area contributed by atoms with Gasteiger partial charge in [-0.3, -0.25) is 9.78 Å². The van der Waals surface area contributed by atoms with Gasteiger partial charge in [-0.1, -0.05) is 0 Å². The molecule has 4 rings (SSSR count). The van der Waals surface area contributed by atoms with E-state index in [0.717, 1.165) is 22.0 Å². The fraction of sp³-hybridized carbons (Fsp3) is 0.143. The zero-order chi connectivity index (χ0) is 23.0. The maximum Gasteiger partial charge on any atom is 0.433 e. The van der Waals surface area contributed by atoms with Crippen LogP contribution in [-0.2, 0) is 6.18 Å². The Bertz CT molecular complexity index is 1290. The van der Waals surface area contributed by atoms with Crippen molar-refractivity contribution >= 4 is 22.9 Å². The Morgan fingerprint density at radius 3 is 2.44 bits per heavy atom. The molecule has 0 aliphatic heterocycles. The third kappa shape index (κ3) is 4.24. The number of carbonyl (C=O) groups is 1. The van der Waals surface area contributed by atoms with Crippen LogP contribution in [0.3, 0.4) is 0 Å². The second-order valence-electron chi connectivity index (χ2n) is 6.83. The van der Waals surface area contributed by atoms with Crippen molar-refractivity contribution < 1.29 is 22.4 Å². The summed E-state index contributed by atoms with van der Waals surface area (Å²) in [5.74, 6) is -1.49. The molecule has 0 unspecified atom stereocenters. The molecule has 0 bridgehead atoms. The van der Waals surface area contributed by atoms with Crippen molar-refractivity contribution in [2.75, 3.05) is 5.32 Å². The minimum atomic E-state index is -4.63. The third-order valence-corrected chi connectivity index (χ3v) is 5.62. The van der Waals surface area contributed by atoms with Gasteiger partial charge in [0.15, 0.2) is 5.82 Å². The van der Waals surface area contributed by atoms with E-state index in [1.54, 1.807) is 13.8 Å². The summed E-state index contributed by atoms with van der Waals surface area (Å²) in [6.07, 6.45) is -2.44. The van der Waals surface area contributed by atoms with Crippen LogP contribution in [0.5, 0.6) is 0 Å². The molecule has 1 aromatic carbocycles. The fourth-order valence-electron chi connectivity index (χ4n) is 3.10. The monoisotopic (exact) mass is 461 g/mol. The molecule has 1 N–H and O–H groups in total. The number of halogens is 4. The Kier molecular flexibility index (Phi) is 5.51. The van der Waals surface area contributed by atoms with Crippen molar-refractivity contribution in [1.29, 1.82) is 0 Å². The second kappa shape index (κ2) is 8.15. The molecule has 3 aromatic heterocycles. The lowest BCUT2D eigenvalue weighted by molar-refractivity contribution is -0.142. The van der Waals surface area contributed by atoms with Gasteiger partial charge in [0.05, 0.1) is 33.0 Å². The van der Waals surface area contributed by atoms with E-state index in [1.165, 1.54) is 47.9 Å². The van der Waals surface area contributed by atoms with Crippen LogP contribution in [0.2, 0.25) is 0 Å². The van der Waals surface area contributed by atoms with Crippen LogP contribution in [0.15, 0.2) is 48.8 Å². The number of hydrogen-bond acceptors (Lipinski definition) is 5. The fourth-order valence-corrected chi connectivity index (χ4v) is 3.98. The molecule has 0 saturated carbocycles. The minimum Gasteiger partial charge on any atom is -0.322 e. The molecule has 164 valence electrons. The van der Waals surface area contributed by atoms with Crippen LogP contribution < -0.4 is 5.32 Å². The number of alkyl halides is 3. The number of nitrogens with zero attached hydrogens (tertiary/aromatic N) is 4. The zero-order valence-corrected chi connectivity index (χ0v) is 17.6. The summed E-state index contributed by atoms with van der Waals surface area (Å²) in [7, 11) is 0. The number of amides is 1. The number of anilines is 1. The van der Waals surface area contributed by atoms with Crippen molar-refractivity contribution in [3.8, 4) is 16.3 Å². The average molecular weight is 461 g/mol. The normalized spacial score (nSPS) is 11.6. The van der Waals surface area contributed by atoms with Crippen molar-refractivity contribution in [2.45, 2.75) is 20.0 Å². The number of pyridine rings is 1. The molecule has 1 amide bonds. The third-order valence-electron chi connectivity index (χ3n) is 4.52. The standard InChI is InChI=1S/C21H15F4N5OS/c1-11-19(32-12(2)27-11)17-9-18(21(23,24)25)30(29-17)14-5-3-13(4-6-14)28-20(31)15-7-8-26-10-16(15)22/h3-10H,1-2H3,(H,28,31). The molecule has 32 heavy (non-hydrogen) atoms. The number of rotatable bonds is 4. The molecular weight excluding hydrogens is 446 g/mol. The SMILES string of the molecule is Cc1nc(C)c(-c2cc(C(F)(F)F)n(-c3ccc(NC(=O)c4ccncc4F)cc3)n2)s1. The molecule has 0 atom stereocenters. The highest BCUT2D eigenvalue weighted by molar-refractivity contribution is 7.15. The molecule has 0 spiro atoms. The summed E-state index contributed by atoms with van der Waals surface area (Å²) in [6.45, 7) is 3.49. The number of aryl methyl sites for hydroxylation is 2. The number of benzene rings is 1. The lowest BCUT2D eigenvalue weighted by Gasteiger charge is -2.11. The molecule has 0 aliphatic carbocycles. The Labute approximate surface area is 183 Å². The van der Waals surface area contributed by atoms with Crippen LogP contribution in [0, 0.1) is 19.7 Å². The summed E-state index contributed by atoms with van der Waals surface area (Å²) in [6, 6.07) is 7.81. The van der Waals surface area contributed by atoms with Crippen LogP contribution in [0.4, 0.5) is 23.2 Å². The average Bonchev–Trinajstić information content (AvgIpc) is 3.32. The predicted octanol–water partition coefficient (Wildman–Crippen LogP) is 5.42. The summed E-state index contributed by atoms with van der Waals surface area (Å²) in [5, 5.41) is 7.39. The quantitative estimate of drug-likeness (QED) is 0.412. The molecule has 0 saturated heterocycles. The van der Waals surface area contributed by atoms with Gasteiger partial charge in [0.25, 0.3) is 5.91 Å². The van der Waals surface area contributed by atoms with E-state index < -0.39 is 23.6 Å². The number of carbonyl (C=O) groups excluding carboxylic acids is 1. The van der Waals surface area contributed by atoms with Crippen molar-refractivity contribution in [3.63, 3.8) is 0 Å². The van der Waals surface area contributed by atoms with E-state index in [0.29, 0.717) is 10.6 Å². The van der Waals surface area contributed by atoms with Gasteiger partial charge in [-0.15, -0.1) is 11.3 Å². The van der Waals surface area contributed by atoms with Gasteiger partial charge < -0.3 is 5.32 Å². The van der Waals surface area contributed by atoms with Gasteiger partial charge in [-0.25, -0.2) is 14.1 Å². The van der Waals surface area contributed by atoms with E-state index >= 15 is 0 Å². The molecule has 0 aliphatic rings. The van der Waals surface area contributed by atoms with Crippen LogP contribution in [0.1, 0.15) is 26.8 Å². The molecular formula is C21H15F4N5OS. The first-order chi connectivity index (χ1) is 15.1. The lowest BCUT2D eigenvalue weighted by atomic mass is 10.2. The van der Waals surface area contributed by atoms with Crippen LogP contribution in [0.25, 0.3) is 16.3 Å². The van der Waals surface area contributed by atoms with Gasteiger partial charge in [0, 0.05) is 11.9 Å². The molecule has 0 radical (unpaired) electrons. The first kappa shape index (κ1) is 21.6. The first-order valence-electron chi connectivity index (χ1n) is 9.26. The number of nitrogens with one attached hydrogen (secondary N) is 1. The molecule has 0 fully saturated rings. The van der Waals surface area contributed by atoms with Gasteiger partial charge >= 0.3 is 6.18 Å². The largest absolute Gasteiger partial charge is 0.433 e. The predicted molar refractivity (Wildman–Crippen MR) is 111 cm³/mol. The Morgan fingerprint density at radius 2 is 1.84 bits per heavy atom. The zero-order valence-electron chi connectivity index (χ0n) is 16.7. The van der Waals surface area contributed by atoms with Gasteiger partial charge in [0.2, 0.25) is 0 Å². The van der Waals surface area contributed by atoms with E-state index in [4.69, 9.17) is 0 Å². The smallest absolute Gasteiger partial charge is 0.322 e. The number of hydrogen-bond donors (Lipinski definition) is 1. The minimum absolute atomic E-state index is 0.149. The highest BCUT2D eigenvalue weighted by Gasteiger charge is 2.37. The van der Waals surface area contributed by atoms with Crippen molar-refractivity contribution in [2.24, 2.45) is 0 Å². The second-order valence-corrected chi connectivity index (χ2v) is 8.03. The van der Waals surface area contributed by atoms with E-state index in [-0.39, 0.29) is 22.6 Å². The van der Waals surface area contributed by atoms with Crippen molar-refractivity contribution in [1.82, 2.24) is 19.7 Å². The Hall–Kier alpha value is -3.60. The Balaban J connectivity index is 1.66. The Morgan fingerprint density at radius 1 is 1.12 bits per heavy atom. The number of thiazole rings is 1. The first-order valence-corrected chi connectivity index (χ1v) is 10.1. The van der Waals surface area contributed by atoms with E-state index in [9.17, 15) is 22.4 Å². The molecule has 3 heterocycles. The molecule has 11 heteroatoms. The number of aromatic nitrogens is 4. The summed E-state index contributed by atoms with van der Waals surface area (Å²) < 4.78 is 55.5. The molecule has 4 aromatic rings. The van der Waals surface area contributed by atoms with Crippen LogP contribution >= 0.6 is 11.3 Å². The highest BCUT2D eigenvalue weighted by Crippen LogP contribution is 2.36. The topological polar surface area (TPSA) is 72.7 Å². The highest BCUT2D eigenvalue weighted by atomic mass is 32.1. The van der Waals surface area contributed by atoms with E-state index in [2.05, 4.69) is 20.4 Å². The van der Waals surface area contributed by atoms with Gasteiger partial charge in [-0.2, -0.15) is 18.3 Å². The summed E-state index contributed by atoms with van der Waals surface area (Å²) in [5.41, 5.74) is 0.0718. The van der Waals surface area contributed by atoms with Crippen molar-refractivity contribution in [3.05, 3.63) is 76.6 Å². The van der Waals surface area contributed by atoms with Crippen LogP contribution in [-0.4, -0.2) is 25.7 Å². The van der Waals surface area contributed by atoms with E-state index in [1.807, 2.05) is 0 Å². The maximum absolute atomic E-state index is 13.7.